The summed E-state index contributed by atoms with van der Waals surface area (Å²) in [6.07, 6.45) is -4.75. The molecule has 23 heavy (non-hydrogen) atoms. The van der Waals surface area contributed by atoms with Gasteiger partial charge in [0.15, 0.2) is 0 Å². The molecule has 2 amide bonds. The van der Waals surface area contributed by atoms with Crippen LogP contribution in [0.1, 0.15) is 0 Å². The molecule has 0 saturated carbocycles. The molecule has 0 fully saturated rings. The highest BCUT2D eigenvalue weighted by Crippen LogP contribution is 2.23. The number of alkyl halides is 3. The van der Waals surface area contributed by atoms with Crippen molar-refractivity contribution in [1.82, 2.24) is 5.43 Å². The van der Waals surface area contributed by atoms with Crippen LogP contribution in [0.25, 0.3) is 0 Å². The summed E-state index contributed by atoms with van der Waals surface area (Å²) in [5, 5.41) is 2.99. The van der Waals surface area contributed by atoms with Crippen LogP contribution in [0.3, 0.4) is 0 Å². The van der Waals surface area contributed by atoms with Crippen LogP contribution in [-0.4, -0.2) is 12.4 Å². The number of anilines is 2. The molecule has 0 unspecified atom stereocenters. The number of hydrogen-bond donors (Lipinski definition) is 3. The van der Waals surface area contributed by atoms with Gasteiger partial charge in [-0.1, -0.05) is 17.7 Å². The third kappa shape index (κ3) is 5.95. The minimum Gasteiger partial charge on any atom is -0.406 e. The molecule has 2 rings (SSSR count). The SMILES string of the molecule is O=C(NNc1ccc(OC(F)(F)F)cc1)Nc1cccc(Cl)c1. The summed E-state index contributed by atoms with van der Waals surface area (Å²) >= 11 is 5.78. The first-order valence-electron chi connectivity index (χ1n) is 6.26. The Morgan fingerprint density at radius 2 is 1.74 bits per heavy atom. The molecule has 0 heterocycles. The molecule has 0 bridgehead atoms. The summed E-state index contributed by atoms with van der Waals surface area (Å²) in [7, 11) is 0. The second-order valence-electron chi connectivity index (χ2n) is 4.29. The largest absolute Gasteiger partial charge is 0.573 e. The van der Waals surface area contributed by atoms with Crippen molar-refractivity contribution in [2.45, 2.75) is 6.36 Å². The number of benzene rings is 2. The number of carbonyl (C=O) groups is 1. The molecule has 0 saturated heterocycles. The molecule has 9 heteroatoms. The van der Waals surface area contributed by atoms with Crippen LogP contribution >= 0.6 is 11.6 Å². The second-order valence-corrected chi connectivity index (χ2v) is 4.72. The topological polar surface area (TPSA) is 62.4 Å². The van der Waals surface area contributed by atoms with E-state index in [9.17, 15) is 18.0 Å². The van der Waals surface area contributed by atoms with Gasteiger partial charge in [0, 0.05) is 10.7 Å². The Bertz CT molecular complexity index is 678. The van der Waals surface area contributed by atoms with Crippen molar-refractivity contribution in [3.8, 4) is 5.75 Å². The third-order valence-electron chi connectivity index (χ3n) is 2.49. The summed E-state index contributed by atoms with van der Waals surface area (Å²) in [4.78, 5) is 11.7. The lowest BCUT2D eigenvalue weighted by molar-refractivity contribution is -0.274. The molecule has 0 atom stereocenters. The smallest absolute Gasteiger partial charge is 0.406 e. The van der Waals surface area contributed by atoms with Crippen LogP contribution in [0.2, 0.25) is 5.02 Å². The first-order valence-corrected chi connectivity index (χ1v) is 6.64. The van der Waals surface area contributed by atoms with Gasteiger partial charge in [0.1, 0.15) is 5.75 Å². The van der Waals surface area contributed by atoms with Gasteiger partial charge >= 0.3 is 12.4 Å². The molecule has 5 nitrogen and oxygen atoms in total. The first-order chi connectivity index (χ1) is 10.8. The zero-order valence-corrected chi connectivity index (χ0v) is 12.2. The lowest BCUT2D eigenvalue weighted by atomic mass is 10.3. The highest BCUT2D eigenvalue weighted by atomic mass is 35.5. The number of rotatable bonds is 4. The predicted octanol–water partition coefficient (Wildman–Crippen LogP) is 4.39. The molecule has 0 aliphatic carbocycles. The minimum atomic E-state index is -4.75. The van der Waals surface area contributed by atoms with Gasteiger partial charge in [-0.05, 0) is 42.5 Å². The van der Waals surface area contributed by atoms with Gasteiger partial charge in [-0.15, -0.1) is 13.2 Å². The average molecular weight is 346 g/mol. The number of amides is 2. The van der Waals surface area contributed by atoms with Crippen molar-refractivity contribution in [3.63, 3.8) is 0 Å². The Kier molecular flexibility index (Phi) is 5.17. The van der Waals surface area contributed by atoms with Crippen molar-refractivity contribution in [2.24, 2.45) is 0 Å². The Balaban J connectivity index is 1.84. The van der Waals surface area contributed by atoms with Crippen molar-refractivity contribution in [3.05, 3.63) is 53.6 Å². The zero-order chi connectivity index (χ0) is 16.9. The molecule has 0 radical (unpaired) electrons. The second kappa shape index (κ2) is 7.10. The first kappa shape index (κ1) is 16.8. The van der Waals surface area contributed by atoms with Crippen LogP contribution < -0.4 is 20.9 Å². The lowest BCUT2D eigenvalue weighted by Gasteiger charge is -2.12. The molecule has 0 aromatic heterocycles. The number of hydrogen-bond acceptors (Lipinski definition) is 3. The number of hydrazine groups is 1. The molecular formula is C14H11ClF3N3O2. The number of urea groups is 1. The number of carbonyl (C=O) groups excluding carboxylic acids is 1. The van der Waals surface area contributed by atoms with Crippen LogP contribution in [0, 0.1) is 0 Å². The Morgan fingerprint density at radius 3 is 2.35 bits per heavy atom. The molecule has 3 N–H and O–H groups in total. The van der Waals surface area contributed by atoms with Gasteiger partial charge in [-0.2, -0.15) is 0 Å². The highest BCUT2D eigenvalue weighted by molar-refractivity contribution is 6.30. The minimum absolute atomic E-state index is 0.355. The van der Waals surface area contributed by atoms with E-state index in [1.165, 1.54) is 12.1 Å². The van der Waals surface area contributed by atoms with Crippen LogP contribution in [0.15, 0.2) is 48.5 Å². The van der Waals surface area contributed by atoms with E-state index in [0.717, 1.165) is 12.1 Å². The van der Waals surface area contributed by atoms with Crippen LogP contribution in [0.5, 0.6) is 5.75 Å². The Hall–Kier alpha value is -2.61. The van der Waals surface area contributed by atoms with Gasteiger partial charge < -0.3 is 10.1 Å². The summed E-state index contributed by atoms with van der Waals surface area (Å²) in [5.41, 5.74) is 5.73. The number of ether oxygens (including phenoxy) is 1. The van der Waals surface area contributed by atoms with Gasteiger partial charge in [0.2, 0.25) is 0 Å². The molecule has 0 spiro atoms. The lowest BCUT2D eigenvalue weighted by Crippen LogP contribution is -2.33. The Morgan fingerprint density at radius 1 is 1.04 bits per heavy atom. The van der Waals surface area contributed by atoms with E-state index < -0.39 is 12.4 Å². The fourth-order valence-electron chi connectivity index (χ4n) is 1.60. The zero-order valence-electron chi connectivity index (χ0n) is 11.4. The van der Waals surface area contributed by atoms with E-state index in [0.29, 0.717) is 16.4 Å². The maximum atomic E-state index is 12.0. The highest BCUT2D eigenvalue weighted by Gasteiger charge is 2.30. The van der Waals surface area contributed by atoms with Crippen LogP contribution in [0.4, 0.5) is 29.3 Å². The van der Waals surface area contributed by atoms with E-state index in [-0.39, 0.29) is 5.75 Å². The average Bonchev–Trinajstić information content (AvgIpc) is 2.45. The van der Waals surface area contributed by atoms with Gasteiger partial charge in [-0.25, -0.2) is 4.79 Å². The van der Waals surface area contributed by atoms with Gasteiger partial charge in [0.25, 0.3) is 0 Å². The maximum Gasteiger partial charge on any atom is 0.573 e. The maximum absolute atomic E-state index is 12.0. The fourth-order valence-corrected chi connectivity index (χ4v) is 1.79. The monoisotopic (exact) mass is 345 g/mol. The third-order valence-corrected chi connectivity index (χ3v) is 2.73. The fraction of sp³-hybridized carbons (Fsp3) is 0.0714. The number of halogens is 4. The summed E-state index contributed by atoms with van der Waals surface area (Å²) in [6.45, 7) is 0. The molecule has 2 aromatic rings. The van der Waals surface area contributed by atoms with Crippen molar-refractivity contribution >= 4 is 29.0 Å². The standard InChI is InChI=1S/C14H11ClF3N3O2/c15-9-2-1-3-11(8-9)19-13(22)21-20-10-4-6-12(7-5-10)23-14(16,17)18/h1-8,20H,(H2,19,21,22). The van der Waals surface area contributed by atoms with E-state index in [4.69, 9.17) is 11.6 Å². The van der Waals surface area contributed by atoms with E-state index in [2.05, 4.69) is 20.9 Å². The number of nitrogens with one attached hydrogen (secondary N) is 3. The normalized spacial score (nSPS) is 10.8. The van der Waals surface area contributed by atoms with E-state index in [1.54, 1.807) is 24.3 Å². The van der Waals surface area contributed by atoms with Gasteiger partial charge in [-0.3, -0.25) is 10.9 Å². The van der Waals surface area contributed by atoms with E-state index in [1.807, 2.05) is 0 Å². The van der Waals surface area contributed by atoms with Crippen molar-refractivity contribution in [2.75, 3.05) is 10.7 Å². The van der Waals surface area contributed by atoms with E-state index >= 15 is 0 Å². The van der Waals surface area contributed by atoms with Gasteiger partial charge in [0.05, 0.1) is 5.69 Å². The summed E-state index contributed by atoms with van der Waals surface area (Å²) in [6, 6.07) is 10.8. The summed E-state index contributed by atoms with van der Waals surface area (Å²) < 4.78 is 39.8. The summed E-state index contributed by atoms with van der Waals surface area (Å²) in [5.74, 6) is -0.355. The molecule has 122 valence electrons. The quantitative estimate of drug-likeness (QED) is 0.720. The van der Waals surface area contributed by atoms with Crippen LogP contribution in [-0.2, 0) is 0 Å². The molecule has 2 aromatic carbocycles. The Labute approximate surface area is 134 Å². The molecule has 0 aliphatic heterocycles. The van der Waals surface area contributed by atoms with Crippen molar-refractivity contribution in [1.29, 1.82) is 0 Å². The molecular weight excluding hydrogens is 335 g/mol. The van der Waals surface area contributed by atoms with Crippen molar-refractivity contribution < 1.29 is 22.7 Å². The predicted molar refractivity (Wildman–Crippen MR) is 80.4 cm³/mol. The molecule has 0 aliphatic rings.